The van der Waals surface area contributed by atoms with Gasteiger partial charge in [0.25, 0.3) is 0 Å². The van der Waals surface area contributed by atoms with E-state index in [-0.39, 0.29) is 0 Å². The molecule has 0 spiro atoms. The number of hydrogen-bond donors (Lipinski definition) is 1. The van der Waals surface area contributed by atoms with Gasteiger partial charge in [-0.1, -0.05) is 0 Å². The fourth-order valence-corrected chi connectivity index (χ4v) is 1.61. The topological polar surface area (TPSA) is 47.0 Å². The van der Waals surface area contributed by atoms with Crippen molar-refractivity contribution in [2.45, 2.75) is 0 Å². The molecule has 2 heterocycles. The van der Waals surface area contributed by atoms with E-state index in [4.69, 9.17) is 4.74 Å². The monoisotopic (exact) mass is 187 g/mol. The number of aromatic nitrogens is 2. The van der Waals surface area contributed by atoms with Crippen LogP contribution in [0.4, 0.5) is 5.69 Å². The highest BCUT2D eigenvalue weighted by Crippen LogP contribution is 2.30. The maximum absolute atomic E-state index is 5.51. The van der Waals surface area contributed by atoms with Crippen LogP contribution >= 0.6 is 0 Å². The molecular formula is C10H9N3O. The molecule has 0 fully saturated rings. The molecule has 1 aromatic heterocycles. The van der Waals surface area contributed by atoms with Crippen molar-refractivity contribution < 1.29 is 4.74 Å². The first-order chi connectivity index (χ1) is 6.93. The molecule has 2 aromatic rings. The molecule has 14 heavy (non-hydrogen) atoms. The summed E-state index contributed by atoms with van der Waals surface area (Å²) in [6.07, 6.45) is 3.35. The van der Waals surface area contributed by atoms with Gasteiger partial charge in [-0.2, -0.15) is 0 Å². The third-order valence-corrected chi connectivity index (χ3v) is 2.28. The average Bonchev–Trinajstić information content (AvgIpc) is 2.26. The van der Waals surface area contributed by atoms with Gasteiger partial charge in [-0.05, 0) is 6.07 Å². The average molecular weight is 187 g/mol. The molecule has 1 aliphatic heterocycles. The van der Waals surface area contributed by atoms with Gasteiger partial charge in [0.15, 0.2) is 0 Å². The van der Waals surface area contributed by atoms with Crippen LogP contribution in [-0.4, -0.2) is 23.1 Å². The lowest BCUT2D eigenvalue weighted by atomic mass is 10.2. The summed E-state index contributed by atoms with van der Waals surface area (Å²) in [5.74, 6) is 0.877. The van der Waals surface area contributed by atoms with E-state index in [1.54, 1.807) is 12.5 Å². The minimum absolute atomic E-state index is 0.712. The Kier molecular flexibility index (Phi) is 1.53. The lowest BCUT2D eigenvalue weighted by molar-refractivity contribution is 0.324. The smallest absolute Gasteiger partial charge is 0.144 e. The highest BCUT2D eigenvalue weighted by molar-refractivity contribution is 5.85. The largest absolute Gasteiger partial charge is 0.490 e. The Morgan fingerprint density at radius 3 is 3.36 bits per heavy atom. The first-order valence-corrected chi connectivity index (χ1v) is 4.54. The van der Waals surface area contributed by atoms with E-state index in [1.165, 1.54) is 0 Å². The van der Waals surface area contributed by atoms with Crippen LogP contribution in [0.3, 0.4) is 0 Å². The Hall–Kier alpha value is -1.84. The predicted molar refractivity (Wildman–Crippen MR) is 53.5 cm³/mol. The second-order valence-electron chi connectivity index (χ2n) is 3.21. The molecule has 0 unspecified atom stereocenters. The second kappa shape index (κ2) is 2.83. The molecule has 0 radical (unpaired) electrons. The fourth-order valence-electron chi connectivity index (χ4n) is 1.61. The van der Waals surface area contributed by atoms with E-state index in [9.17, 15) is 0 Å². The molecule has 0 saturated carbocycles. The van der Waals surface area contributed by atoms with E-state index in [0.29, 0.717) is 6.61 Å². The SMILES string of the molecule is c1ncc2cc3c(cc2n1)OCCN3. The lowest BCUT2D eigenvalue weighted by Gasteiger charge is -2.19. The first kappa shape index (κ1) is 7.55. The number of ether oxygens (including phenoxy) is 1. The standard InChI is InChI=1S/C10H9N3O/c1-2-14-10-4-8-7(3-9(10)12-1)5-11-6-13-8/h3-6,12H,1-2H2. The molecule has 70 valence electrons. The molecule has 4 heteroatoms. The lowest BCUT2D eigenvalue weighted by Crippen LogP contribution is -2.17. The van der Waals surface area contributed by atoms with Crippen molar-refractivity contribution in [2.24, 2.45) is 0 Å². The van der Waals surface area contributed by atoms with Crippen molar-refractivity contribution in [3.05, 3.63) is 24.7 Å². The Bertz CT molecular complexity index is 439. The maximum Gasteiger partial charge on any atom is 0.144 e. The first-order valence-electron chi connectivity index (χ1n) is 4.54. The molecule has 1 aliphatic rings. The van der Waals surface area contributed by atoms with Gasteiger partial charge < -0.3 is 10.1 Å². The van der Waals surface area contributed by atoms with Gasteiger partial charge in [0, 0.05) is 24.2 Å². The maximum atomic E-state index is 5.51. The molecule has 1 N–H and O–H groups in total. The minimum Gasteiger partial charge on any atom is -0.490 e. The summed E-state index contributed by atoms with van der Waals surface area (Å²) in [6.45, 7) is 1.57. The summed E-state index contributed by atoms with van der Waals surface area (Å²) in [5.41, 5.74) is 1.95. The Balaban J connectivity index is 2.27. The number of anilines is 1. The number of benzene rings is 1. The molecule has 1 aromatic carbocycles. The molecule has 0 saturated heterocycles. The molecule has 3 rings (SSSR count). The van der Waals surface area contributed by atoms with Gasteiger partial charge in [-0.25, -0.2) is 9.97 Å². The molecular weight excluding hydrogens is 178 g/mol. The van der Waals surface area contributed by atoms with Crippen LogP contribution in [0.25, 0.3) is 10.9 Å². The molecule has 0 atom stereocenters. The Morgan fingerprint density at radius 2 is 2.36 bits per heavy atom. The van der Waals surface area contributed by atoms with Gasteiger partial charge in [-0.3, -0.25) is 0 Å². The van der Waals surface area contributed by atoms with Gasteiger partial charge in [0.2, 0.25) is 0 Å². The van der Waals surface area contributed by atoms with Gasteiger partial charge >= 0.3 is 0 Å². The summed E-state index contributed by atoms with van der Waals surface area (Å²) in [4.78, 5) is 8.15. The van der Waals surface area contributed by atoms with Crippen LogP contribution in [0.5, 0.6) is 5.75 Å². The van der Waals surface area contributed by atoms with Crippen LogP contribution in [0.1, 0.15) is 0 Å². The highest BCUT2D eigenvalue weighted by Gasteiger charge is 2.10. The van der Waals surface area contributed by atoms with Gasteiger partial charge in [0.1, 0.15) is 18.7 Å². The fraction of sp³-hybridized carbons (Fsp3) is 0.200. The third kappa shape index (κ3) is 1.08. The van der Waals surface area contributed by atoms with E-state index >= 15 is 0 Å². The Morgan fingerprint density at radius 1 is 1.36 bits per heavy atom. The number of fused-ring (bicyclic) bond motifs is 2. The third-order valence-electron chi connectivity index (χ3n) is 2.28. The van der Waals surface area contributed by atoms with Crippen LogP contribution in [0, 0.1) is 0 Å². The van der Waals surface area contributed by atoms with Crippen LogP contribution in [-0.2, 0) is 0 Å². The van der Waals surface area contributed by atoms with E-state index in [2.05, 4.69) is 15.3 Å². The van der Waals surface area contributed by atoms with Crippen LogP contribution < -0.4 is 10.1 Å². The minimum atomic E-state index is 0.712. The summed E-state index contributed by atoms with van der Waals surface area (Å²) >= 11 is 0. The molecule has 0 amide bonds. The van der Waals surface area contributed by atoms with Crippen molar-refractivity contribution >= 4 is 16.6 Å². The summed E-state index contributed by atoms with van der Waals surface area (Å²) in [6, 6.07) is 3.96. The molecule has 4 nitrogen and oxygen atoms in total. The molecule has 0 bridgehead atoms. The van der Waals surface area contributed by atoms with Crippen molar-refractivity contribution in [1.82, 2.24) is 9.97 Å². The quantitative estimate of drug-likeness (QED) is 0.677. The number of hydrogen-bond acceptors (Lipinski definition) is 4. The van der Waals surface area contributed by atoms with Crippen LogP contribution in [0.2, 0.25) is 0 Å². The normalized spacial score (nSPS) is 14.3. The van der Waals surface area contributed by atoms with E-state index in [0.717, 1.165) is 28.9 Å². The summed E-state index contributed by atoms with van der Waals surface area (Å²) in [5, 5.41) is 4.31. The zero-order valence-electron chi connectivity index (χ0n) is 7.53. The van der Waals surface area contributed by atoms with Crippen molar-refractivity contribution in [2.75, 3.05) is 18.5 Å². The van der Waals surface area contributed by atoms with Crippen molar-refractivity contribution in [3.8, 4) is 5.75 Å². The predicted octanol–water partition coefficient (Wildman–Crippen LogP) is 1.43. The number of nitrogens with one attached hydrogen (secondary N) is 1. The van der Waals surface area contributed by atoms with Crippen molar-refractivity contribution in [1.29, 1.82) is 0 Å². The summed E-state index contributed by atoms with van der Waals surface area (Å²) in [7, 11) is 0. The number of rotatable bonds is 0. The van der Waals surface area contributed by atoms with Gasteiger partial charge in [0.05, 0.1) is 11.2 Å². The highest BCUT2D eigenvalue weighted by atomic mass is 16.5. The molecule has 0 aliphatic carbocycles. The Labute approximate surface area is 80.9 Å². The second-order valence-corrected chi connectivity index (χ2v) is 3.21. The van der Waals surface area contributed by atoms with Gasteiger partial charge in [-0.15, -0.1) is 0 Å². The van der Waals surface area contributed by atoms with E-state index in [1.807, 2.05) is 12.1 Å². The summed E-state index contributed by atoms with van der Waals surface area (Å²) < 4.78 is 5.51. The van der Waals surface area contributed by atoms with E-state index < -0.39 is 0 Å². The van der Waals surface area contributed by atoms with Crippen LogP contribution in [0.15, 0.2) is 24.7 Å². The zero-order valence-corrected chi connectivity index (χ0v) is 7.53. The number of nitrogens with zero attached hydrogens (tertiary/aromatic N) is 2. The zero-order chi connectivity index (χ0) is 9.38. The van der Waals surface area contributed by atoms with Crippen molar-refractivity contribution in [3.63, 3.8) is 0 Å².